The Morgan fingerprint density at radius 2 is 1.68 bits per heavy atom. The maximum Gasteiger partial charge on any atom is 0.154 e. The summed E-state index contributed by atoms with van der Waals surface area (Å²) in [6.45, 7) is 4.79. The van der Waals surface area contributed by atoms with E-state index >= 15 is 0 Å². The highest BCUT2D eigenvalue weighted by Crippen LogP contribution is 2.34. The van der Waals surface area contributed by atoms with Crippen molar-refractivity contribution in [3.05, 3.63) is 46.6 Å². The molecule has 1 aliphatic heterocycles. The number of nitrogens with zero attached hydrogens (tertiary/aromatic N) is 1. The van der Waals surface area contributed by atoms with Gasteiger partial charge in [-0.05, 0) is 110 Å². The van der Waals surface area contributed by atoms with Gasteiger partial charge in [0.15, 0.2) is 5.75 Å². The van der Waals surface area contributed by atoms with Gasteiger partial charge in [0.1, 0.15) is 11.5 Å². The summed E-state index contributed by atoms with van der Waals surface area (Å²) in [4.78, 5) is 2.45. The normalized spacial score (nSPS) is 15.3. The molecule has 3 rings (SSSR count). The Kier molecular flexibility index (Phi) is 7.46. The Hall–Kier alpha value is 0.150. The van der Waals surface area contributed by atoms with Crippen LogP contribution in [0.2, 0.25) is 0 Å². The predicted molar refractivity (Wildman–Crippen MR) is 124 cm³/mol. The molecule has 0 aliphatic carbocycles. The molecule has 0 bridgehead atoms. The third-order valence-corrected chi connectivity index (χ3v) is 6.48. The molecule has 0 spiro atoms. The lowest BCUT2D eigenvalue weighted by atomic mass is 10.1. The van der Waals surface area contributed by atoms with Crippen LogP contribution in [-0.4, -0.2) is 42.9 Å². The molecule has 1 N–H and O–H groups in total. The van der Waals surface area contributed by atoms with Crippen molar-refractivity contribution in [3.63, 3.8) is 0 Å². The monoisotopic (exact) mass is 677 g/mol. The number of aromatic hydroxyl groups is 1. The van der Waals surface area contributed by atoms with Crippen molar-refractivity contribution in [2.75, 3.05) is 32.8 Å². The van der Waals surface area contributed by atoms with Crippen LogP contribution in [0.15, 0.2) is 30.3 Å². The van der Waals surface area contributed by atoms with Crippen molar-refractivity contribution in [2.45, 2.75) is 6.42 Å². The fourth-order valence-electron chi connectivity index (χ4n) is 2.64. The molecule has 1 fully saturated rings. The lowest BCUT2D eigenvalue weighted by molar-refractivity contribution is 0.0384. The molecule has 2 aromatic rings. The standard InChI is InChI=1S/C18H18I3NO3/c19-14-11-13(1-2-17(14)23)25-18-15(20)9-12(10-16(18)21)3-4-22-5-7-24-8-6-22/h1-2,9-11,23H,3-8H2. The van der Waals surface area contributed by atoms with Crippen LogP contribution < -0.4 is 4.74 Å². The van der Waals surface area contributed by atoms with Gasteiger partial charge in [0.25, 0.3) is 0 Å². The van der Waals surface area contributed by atoms with Crippen LogP contribution in [0.4, 0.5) is 0 Å². The Morgan fingerprint density at radius 1 is 1.00 bits per heavy atom. The Labute approximate surface area is 188 Å². The van der Waals surface area contributed by atoms with Crippen molar-refractivity contribution >= 4 is 67.8 Å². The second-order valence-corrected chi connectivity index (χ2v) is 9.29. The van der Waals surface area contributed by atoms with E-state index in [4.69, 9.17) is 9.47 Å². The molecule has 0 unspecified atom stereocenters. The molecular formula is C18H18I3NO3. The SMILES string of the molecule is Oc1ccc(Oc2c(I)cc(CCN3CCOCC3)cc2I)cc1I. The van der Waals surface area contributed by atoms with Crippen molar-refractivity contribution in [3.8, 4) is 17.2 Å². The lowest BCUT2D eigenvalue weighted by Gasteiger charge is -2.26. The quantitative estimate of drug-likeness (QED) is 0.459. The molecule has 7 heteroatoms. The second-order valence-electron chi connectivity index (χ2n) is 5.81. The van der Waals surface area contributed by atoms with Gasteiger partial charge in [-0.15, -0.1) is 0 Å². The molecule has 0 amide bonds. The zero-order valence-electron chi connectivity index (χ0n) is 13.5. The van der Waals surface area contributed by atoms with Gasteiger partial charge in [-0.1, -0.05) is 0 Å². The minimum absolute atomic E-state index is 0.274. The molecule has 1 heterocycles. The maximum absolute atomic E-state index is 9.64. The molecule has 1 saturated heterocycles. The fourth-order valence-corrected chi connectivity index (χ4v) is 5.24. The van der Waals surface area contributed by atoms with E-state index in [-0.39, 0.29) is 5.75 Å². The van der Waals surface area contributed by atoms with Crippen LogP contribution >= 0.6 is 67.8 Å². The summed E-state index contributed by atoms with van der Waals surface area (Å²) in [6, 6.07) is 9.69. The number of hydrogen-bond acceptors (Lipinski definition) is 4. The highest BCUT2D eigenvalue weighted by atomic mass is 127. The first-order valence-electron chi connectivity index (χ1n) is 7.97. The van der Waals surface area contributed by atoms with Gasteiger partial charge < -0.3 is 14.6 Å². The first-order valence-corrected chi connectivity index (χ1v) is 11.2. The van der Waals surface area contributed by atoms with Crippen molar-refractivity contribution in [2.24, 2.45) is 0 Å². The lowest BCUT2D eigenvalue weighted by Crippen LogP contribution is -2.37. The Morgan fingerprint density at radius 3 is 2.32 bits per heavy atom. The number of halogens is 3. The van der Waals surface area contributed by atoms with Gasteiger partial charge in [0.2, 0.25) is 0 Å². The number of hydrogen-bond donors (Lipinski definition) is 1. The molecule has 25 heavy (non-hydrogen) atoms. The van der Waals surface area contributed by atoms with E-state index in [0.717, 1.165) is 61.5 Å². The number of benzene rings is 2. The van der Waals surface area contributed by atoms with Gasteiger partial charge in [-0.3, -0.25) is 4.90 Å². The molecule has 134 valence electrons. The Bertz CT molecular complexity index is 725. The van der Waals surface area contributed by atoms with E-state index in [0.29, 0.717) is 0 Å². The van der Waals surface area contributed by atoms with E-state index in [1.165, 1.54) is 5.56 Å². The number of ether oxygens (including phenoxy) is 2. The molecule has 2 aromatic carbocycles. The van der Waals surface area contributed by atoms with Crippen LogP contribution in [0.25, 0.3) is 0 Å². The summed E-state index contributed by atoms with van der Waals surface area (Å²) in [5.74, 6) is 1.88. The van der Waals surface area contributed by atoms with Gasteiger partial charge in [-0.2, -0.15) is 0 Å². The smallest absolute Gasteiger partial charge is 0.154 e. The number of phenols is 1. The van der Waals surface area contributed by atoms with E-state index in [9.17, 15) is 5.11 Å². The molecule has 4 nitrogen and oxygen atoms in total. The first-order chi connectivity index (χ1) is 12.0. The molecule has 0 aromatic heterocycles. The topological polar surface area (TPSA) is 41.9 Å². The Balaban J connectivity index is 1.69. The second kappa shape index (κ2) is 9.38. The zero-order valence-corrected chi connectivity index (χ0v) is 19.9. The largest absolute Gasteiger partial charge is 0.507 e. The molecular weight excluding hydrogens is 659 g/mol. The summed E-state index contributed by atoms with van der Waals surface area (Å²) in [7, 11) is 0. The number of phenolic OH excluding ortho intramolecular Hbond substituents is 1. The highest BCUT2D eigenvalue weighted by Gasteiger charge is 2.13. The summed E-state index contributed by atoms with van der Waals surface area (Å²) in [5, 5.41) is 9.64. The van der Waals surface area contributed by atoms with Crippen LogP contribution in [0.3, 0.4) is 0 Å². The summed E-state index contributed by atoms with van der Waals surface area (Å²) in [6.07, 6.45) is 1.03. The third-order valence-electron chi connectivity index (χ3n) is 4.02. The third kappa shape index (κ3) is 5.56. The minimum Gasteiger partial charge on any atom is -0.507 e. The molecule has 1 aliphatic rings. The molecule has 0 radical (unpaired) electrons. The molecule has 0 atom stereocenters. The zero-order chi connectivity index (χ0) is 17.8. The van der Waals surface area contributed by atoms with E-state index in [1.54, 1.807) is 12.1 Å². The van der Waals surface area contributed by atoms with Crippen molar-refractivity contribution in [1.82, 2.24) is 4.90 Å². The summed E-state index contributed by atoms with van der Waals surface area (Å²) >= 11 is 6.77. The average molecular weight is 677 g/mol. The van der Waals surface area contributed by atoms with Crippen LogP contribution in [0.1, 0.15) is 5.56 Å². The van der Waals surface area contributed by atoms with Crippen LogP contribution in [0, 0.1) is 10.7 Å². The van der Waals surface area contributed by atoms with Crippen LogP contribution in [0.5, 0.6) is 17.2 Å². The number of morpholine rings is 1. The average Bonchev–Trinajstić information content (AvgIpc) is 2.60. The summed E-state index contributed by atoms with van der Waals surface area (Å²) < 4.78 is 14.5. The van der Waals surface area contributed by atoms with Gasteiger partial charge in [0.05, 0.1) is 23.9 Å². The predicted octanol–water partition coefficient (Wildman–Crippen LogP) is 4.87. The van der Waals surface area contributed by atoms with Crippen LogP contribution in [-0.2, 0) is 11.2 Å². The number of rotatable bonds is 5. The van der Waals surface area contributed by atoms with E-state index < -0.39 is 0 Å². The highest BCUT2D eigenvalue weighted by molar-refractivity contribution is 14.1. The fraction of sp³-hybridized carbons (Fsp3) is 0.333. The molecule has 0 saturated carbocycles. The van der Waals surface area contributed by atoms with Crippen molar-refractivity contribution < 1.29 is 14.6 Å². The van der Waals surface area contributed by atoms with Crippen molar-refractivity contribution in [1.29, 1.82) is 0 Å². The minimum atomic E-state index is 0.274. The first kappa shape index (κ1) is 19.9. The maximum atomic E-state index is 9.64. The van der Waals surface area contributed by atoms with Gasteiger partial charge >= 0.3 is 0 Å². The summed E-state index contributed by atoms with van der Waals surface area (Å²) in [5.41, 5.74) is 1.33. The van der Waals surface area contributed by atoms with Gasteiger partial charge in [-0.25, -0.2) is 0 Å². The van der Waals surface area contributed by atoms with E-state index in [1.807, 2.05) is 6.07 Å². The van der Waals surface area contributed by atoms with E-state index in [2.05, 4.69) is 84.8 Å². The van der Waals surface area contributed by atoms with Gasteiger partial charge in [0, 0.05) is 19.6 Å².